The van der Waals surface area contributed by atoms with Gasteiger partial charge in [0.2, 0.25) is 0 Å². The zero-order valence-corrected chi connectivity index (χ0v) is 7.79. The van der Waals surface area contributed by atoms with Crippen LogP contribution in [0.1, 0.15) is 10.5 Å². The van der Waals surface area contributed by atoms with E-state index >= 15 is 0 Å². The molecular formula is C10H9N3O2. The second-order valence-electron chi connectivity index (χ2n) is 3.04. The van der Waals surface area contributed by atoms with Crippen molar-refractivity contribution in [2.75, 3.05) is 5.73 Å². The standard InChI is InChI=1S/C10H9N3O2/c11-7-1-3-8(4-2-7)13-6-5-9(12-13)10(14)15/h1-6H,11H2,(H,14,15). The van der Waals surface area contributed by atoms with Gasteiger partial charge >= 0.3 is 5.97 Å². The molecule has 0 fully saturated rings. The Balaban J connectivity index is 2.37. The second-order valence-corrected chi connectivity index (χ2v) is 3.04. The SMILES string of the molecule is Nc1ccc(-n2ccc(C(=O)O)n2)cc1. The summed E-state index contributed by atoms with van der Waals surface area (Å²) in [6.07, 6.45) is 1.59. The number of rotatable bonds is 2. The van der Waals surface area contributed by atoms with E-state index in [4.69, 9.17) is 10.8 Å². The maximum atomic E-state index is 10.6. The molecular weight excluding hydrogens is 194 g/mol. The average Bonchev–Trinajstić information content (AvgIpc) is 2.68. The van der Waals surface area contributed by atoms with Crippen molar-refractivity contribution in [1.29, 1.82) is 0 Å². The van der Waals surface area contributed by atoms with Crippen LogP contribution in [0.15, 0.2) is 36.5 Å². The fourth-order valence-corrected chi connectivity index (χ4v) is 1.21. The van der Waals surface area contributed by atoms with Crippen molar-refractivity contribution < 1.29 is 9.90 Å². The number of carbonyl (C=O) groups is 1. The molecule has 2 rings (SSSR count). The van der Waals surface area contributed by atoms with E-state index in [2.05, 4.69) is 5.10 Å². The monoisotopic (exact) mass is 203 g/mol. The van der Waals surface area contributed by atoms with E-state index in [1.54, 1.807) is 30.5 Å². The zero-order chi connectivity index (χ0) is 10.8. The lowest BCUT2D eigenvalue weighted by atomic mass is 10.3. The van der Waals surface area contributed by atoms with E-state index in [0.29, 0.717) is 5.69 Å². The summed E-state index contributed by atoms with van der Waals surface area (Å²) in [5.41, 5.74) is 6.99. The number of hydrogen-bond donors (Lipinski definition) is 2. The van der Waals surface area contributed by atoms with E-state index in [0.717, 1.165) is 5.69 Å². The molecule has 0 saturated heterocycles. The number of carboxylic acid groups (broad SMARTS) is 1. The molecule has 3 N–H and O–H groups in total. The van der Waals surface area contributed by atoms with Gasteiger partial charge in [-0.25, -0.2) is 9.48 Å². The van der Waals surface area contributed by atoms with Crippen molar-refractivity contribution in [2.24, 2.45) is 0 Å². The van der Waals surface area contributed by atoms with Crippen molar-refractivity contribution in [3.63, 3.8) is 0 Å². The molecule has 0 aliphatic carbocycles. The highest BCUT2D eigenvalue weighted by molar-refractivity contribution is 5.85. The number of benzene rings is 1. The van der Waals surface area contributed by atoms with Crippen molar-refractivity contribution in [3.8, 4) is 5.69 Å². The first-order valence-corrected chi connectivity index (χ1v) is 4.32. The summed E-state index contributed by atoms with van der Waals surface area (Å²) >= 11 is 0. The lowest BCUT2D eigenvalue weighted by Gasteiger charge is -2.00. The summed E-state index contributed by atoms with van der Waals surface area (Å²) in [6, 6.07) is 8.45. The third-order valence-electron chi connectivity index (χ3n) is 1.97. The Kier molecular flexibility index (Phi) is 2.13. The van der Waals surface area contributed by atoms with Crippen LogP contribution in [0.5, 0.6) is 0 Å². The lowest BCUT2D eigenvalue weighted by Crippen LogP contribution is -2.00. The van der Waals surface area contributed by atoms with Gasteiger partial charge in [-0.05, 0) is 30.3 Å². The molecule has 0 spiro atoms. The van der Waals surface area contributed by atoms with Gasteiger partial charge in [-0.2, -0.15) is 5.10 Å². The van der Waals surface area contributed by atoms with Crippen LogP contribution in [0.2, 0.25) is 0 Å². The quantitative estimate of drug-likeness (QED) is 0.717. The van der Waals surface area contributed by atoms with E-state index in [1.807, 2.05) is 0 Å². The summed E-state index contributed by atoms with van der Waals surface area (Å²) in [4.78, 5) is 10.6. The number of nitrogens with two attached hydrogens (primary N) is 1. The lowest BCUT2D eigenvalue weighted by molar-refractivity contribution is 0.0690. The molecule has 0 bridgehead atoms. The number of hydrogen-bond acceptors (Lipinski definition) is 3. The van der Waals surface area contributed by atoms with Crippen LogP contribution < -0.4 is 5.73 Å². The summed E-state index contributed by atoms with van der Waals surface area (Å²) in [5.74, 6) is -1.04. The highest BCUT2D eigenvalue weighted by Gasteiger charge is 2.06. The van der Waals surface area contributed by atoms with Crippen molar-refractivity contribution in [2.45, 2.75) is 0 Å². The summed E-state index contributed by atoms with van der Waals surface area (Å²) in [6.45, 7) is 0. The fraction of sp³-hybridized carbons (Fsp3) is 0. The summed E-state index contributed by atoms with van der Waals surface area (Å²) < 4.78 is 1.49. The number of nitrogen functional groups attached to an aromatic ring is 1. The van der Waals surface area contributed by atoms with Crippen LogP contribution in [-0.4, -0.2) is 20.9 Å². The molecule has 0 aliphatic rings. The van der Waals surface area contributed by atoms with E-state index < -0.39 is 5.97 Å². The second kappa shape index (κ2) is 3.45. The number of nitrogens with zero attached hydrogens (tertiary/aromatic N) is 2. The molecule has 76 valence electrons. The van der Waals surface area contributed by atoms with E-state index in [-0.39, 0.29) is 5.69 Å². The van der Waals surface area contributed by atoms with Gasteiger partial charge < -0.3 is 10.8 Å². The Labute approximate surface area is 85.8 Å². The third kappa shape index (κ3) is 1.80. The van der Waals surface area contributed by atoms with Crippen molar-refractivity contribution in [3.05, 3.63) is 42.2 Å². The largest absolute Gasteiger partial charge is 0.476 e. The molecule has 0 amide bonds. The van der Waals surface area contributed by atoms with Gasteiger partial charge in [-0.15, -0.1) is 0 Å². The molecule has 0 saturated carbocycles. The molecule has 5 nitrogen and oxygen atoms in total. The van der Waals surface area contributed by atoms with Gasteiger partial charge in [-0.3, -0.25) is 0 Å². The molecule has 0 radical (unpaired) electrons. The smallest absolute Gasteiger partial charge is 0.356 e. The Morgan fingerprint density at radius 2 is 1.93 bits per heavy atom. The van der Waals surface area contributed by atoms with Crippen LogP contribution in [0.25, 0.3) is 5.69 Å². The summed E-state index contributed by atoms with van der Waals surface area (Å²) in [5, 5.41) is 12.6. The Hall–Kier alpha value is -2.30. The van der Waals surface area contributed by atoms with E-state index in [9.17, 15) is 4.79 Å². The van der Waals surface area contributed by atoms with Crippen LogP contribution >= 0.6 is 0 Å². The first-order valence-electron chi connectivity index (χ1n) is 4.32. The summed E-state index contributed by atoms with van der Waals surface area (Å²) in [7, 11) is 0. The minimum absolute atomic E-state index is 0.0202. The normalized spacial score (nSPS) is 10.1. The molecule has 15 heavy (non-hydrogen) atoms. The van der Waals surface area contributed by atoms with E-state index in [1.165, 1.54) is 10.7 Å². The molecule has 0 unspecified atom stereocenters. The topological polar surface area (TPSA) is 81.1 Å². The number of carboxylic acids is 1. The third-order valence-corrected chi connectivity index (χ3v) is 1.97. The van der Waals surface area contributed by atoms with Gasteiger partial charge in [0, 0.05) is 11.9 Å². The molecule has 1 aromatic carbocycles. The van der Waals surface area contributed by atoms with Gasteiger partial charge in [0.25, 0.3) is 0 Å². The highest BCUT2D eigenvalue weighted by atomic mass is 16.4. The Morgan fingerprint density at radius 1 is 1.27 bits per heavy atom. The molecule has 0 aliphatic heterocycles. The predicted octanol–water partition coefficient (Wildman–Crippen LogP) is 1.15. The zero-order valence-electron chi connectivity index (χ0n) is 7.79. The highest BCUT2D eigenvalue weighted by Crippen LogP contribution is 2.10. The molecule has 0 atom stereocenters. The van der Waals surface area contributed by atoms with Crippen LogP contribution in [0.4, 0.5) is 5.69 Å². The van der Waals surface area contributed by atoms with Crippen molar-refractivity contribution >= 4 is 11.7 Å². The molecule has 1 heterocycles. The molecule has 1 aromatic heterocycles. The Bertz CT molecular complexity index is 488. The first kappa shape index (κ1) is 9.26. The minimum Gasteiger partial charge on any atom is -0.476 e. The number of aromatic carboxylic acids is 1. The first-order chi connectivity index (χ1) is 7.16. The molecule has 2 aromatic rings. The van der Waals surface area contributed by atoms with Gasteiger partial charge in [-0.1, -0.05) is 0 Å². The maximum absolute atomic E-state index is 10.6. The van der Waals surface area contributed by atoms with Crippen LogP contribution in [-0.2, 0) is 0 Å². The maximum Gasteiger partial charge on any atom is 0.356 e. The fourth-order valence-electron chi connectivity index (χ4n) is 1.21. The molecule has 5 heteroatoms. The van der Waals surface area contributed by atoms with Crippen LogP contribution in [0, 0.1) is 0 Å². The van der Waals surface area contributed by atoms with Crippen LogP contribution in [0.3, 0.4) is 0 Å². The van der Waals surface area contributed by atoms with Gasteiger partial charge in [0.15, 0.2) is 5.69 Å². The average molecular weight is 203 g/mol. The predicted molar refractivity (Wildman–Crippen MR) is 54.9 cm³/mol. The minimum atomic E-state index is -1.04. The van der Waals surface area contributed by atoms with Gasteiger partial charge in [0.1, 0.15) is 0 Å². The number of anilines is 1. The Morgan fingerprint density at radius 3 is 2.47 bits per heavy atom. The van der Waals surface area contributed by atoms with Crippen molar-refractivity contribution in [1.82, 2.24) is 9.78 Å². The number of aromatic nitrogens is 2. The van der Waals surface area contributed by atoms with Gasteiger partial charge in [0.05, 0.1) is 5.69 Å².